The Kier molecular flexibility index (Phi) is 12.4. The van der Waals surface area contributed by atoms with Crippen molar-refractivity contribution in [2.75, 3.05) is 7.11 Å². The van der Waals surface area contributed by atoms with E-state index in [4.69, 9.17) is 19.6 Å². The van der Waals surface area contributed by atoms with Gasteiger partial charge in [-0.15, -0.1) is 65.2 Å². The van der Waals surface area contributed by atoms with Crippen molar-refractivity contribution in [3.05, 3.63) is 151 Å². The van der Waals surface area contributed by atoms with E-state index in [9.17, 15) is 4.57 Å². The molecule has 7 heteroatoms. The molecule has 5 nitrogen and oxygen atoms in total. The van der Waals surface area contributed by atoms with Crippen molar-refractivity contribution in [2.45, 2.75) is 33.1 Å². The van der Waals surface area contributed by atoms with Gasteiger partial charge in [0.1, 0.15) is 0 Å². The number of carboxylic acid groups (broad SMARTS) is 1. The first-order chi connectivity index (χ1) is 23.0. The Hall–Kier alpha value is -4.51. The van der Waals surface area contributed by atoms with E-state index in [-0.39, 0.29) is 27.8 Å². The zero-order valence-electron chi connectivity index (χ0n) is 28.1. The summed E-state index contributed by atoms with van der Waals surface area (Å²) in [7, 11) is -1.42. The molecule has 6 rings (SSSR count). The van der Waals surface area contributed by atoms with Crippen molar-refractivity contribution < 1.29 is 41.6 Å². The van der Waals surface area contributed by atoms with E-state index in [2.05, 4.69) is 75.4 Å². The van der Waals surface area contributed by atoms with Crippen molar-refractivity contribution in [1.29, 1.82) is 0 Å². The molecule has 1 radical (unpaired) electrons. The number of aromatic nitrogens is 1. The topological polar surface area (TPSA) is 76.5 Å². The Morgan fingerprint density at radius 2 is 1.16 bits per heavy atom. The summed E-state index contributed by atoms with van der Waals surface area (Å²) in [4.78, 5) is 14.0. The molecule has 0 aliphatic carbocycles. The first kappa shape index (κ1) is 37.3. The van der Waals surface area contributed by atoms with Crippen LogP contribution in [-0.4, -0.2) is 23.2 Å². The second-order valence-electron chi connectivity index (χ2n) is 12.4. The molecule has 0 spiro atoms. The summed E-state index contributed by atoms with van der Waals surface area (Å²) in [5.41, 5.74) is 6.68. The van der Waals surface area contributed by atoms with E-state index in [0.29, 0.717) is 0 Å². The number of nitrogens with zero attached hydrogens (tertiary/aromatic N) is 1. The molecule has 0 aliphatic heterocycles. The molecule has 5 aromatic carbocycles. The van der Waals surface area contributed by atoms with Crippen molar-refractivity contribution >= 4 is 29.0 Å². The summed E-state index contributed by atoms with van der Waals surface area (Å²) in [6.07, 6.45) is 0. The molecule has 0 amide bonds. The Balaban J connectivity index is 0.00000103. The number of benzene rings is 5. The second-order valence-corrected chi connectivity index (χ2v) is 15.1. The van der Waals surface area contributed by atoms with Crippen LogP contribution in [0.5, 0.6) is 5.75 Å². The van der Waals surface area contributed by atoms with E-state index in [1.807, 2.05) is 91.0 Å². The van der Waals surface area contributed by atoms with Crippen molar-refractivity contribution in [2.24, 2.45) is 0 Å². The number of aliphatic carboxylic acids is 1. The summed E-state index contributed by atoms with van der Waals surface area (Å²) >= 11 is 0. The molecule has 253 valence electrons. The number of hydrogen-bond donors (Lipinski definition) is 1. The van der Waals surface area contributed by atoms with Crippen LogP contribution in [0, 0.1) is 12.1 Å². The third-order valence-electron chi connectivity index (χ3n) is 7.88. The minimum absolute atomic E-state index is 0. The average Bonchev–Trinajstić information content (AvgIpc) is 3.11. The monoisotopic (exact) mass is 848 g/mol. The number of rotatable bonds is 7. The molecule has 0 unspecified atom stereocenters. The molecule has 0 saturated carbocycles. The molecule has 6 aromatic rings. The van der Waals surface area contributed by atoms with Crippen molar-refractivity contribution in [3.8, 4) is 39.4 Å². The van der Waals surface area contributed by atoms with Crippen LogP contribution in [0.2, 0.25) is 0 Å². The van der Waals surface area contributed by atoms with E-state index in [1.165, 1.54) is 5.56 Å². The van der Waals surface area contributed by atoms with E-state index in [1.54, 1.807) is 7.11 Å². The van der Waals surface area contributed by atoms with Gasteiger partial charge in [0, 0.05) is 51.0 Å². The second kappa shape index (κ2) is 16.3. The van der Waals surface area contributed by atoms with Gasteiger partial charge in [-0.1, -0.05) is 118 Å². The average molecular weight is 849 g/mol. The maximum Gasteiger partial charge on any atom is 0.300 e. The summed E-state index contributed by atoms with van der Waals surface area (Å²) in [6.45, 7) is 7.68. The zero-order chi connectivity index (χ0) is 34.3. The SMILES string of the molecule is CC(=O)O.COc1c[c-]c(-c2cc(-c3ccc(P(=O)(c4ccccc4)c4ccccc4)cc3)cc(-c3[c-]cc(C(C)(C)C)cc3)n2)cc1.[Au]. The van der Waals surface area contributed by atoms with Gasteiger partial charge in [-0.3, -0.25) is 4.79 Å². The Morgan fingerprint density at radius 1 is 0.694 bits per heavy atom. The van der Waals surface area contributed by atoms with E-state index >= 15 is 0 Å². The van der Waals surface area contributed by atoms with Gasteiger partial charge >= 0.3 is 0 Å². The number of carboxylic acids is 1. The Bertz CT molecular complexity index is 1980. The summed E-state index contributed by atoms with van der Waals surface area (Å²) in [6, 6.07) is 50.6. The normalized spacial score (nSPS) is 11.0. The van der Waals surface area contributed by atoms with Crippen LogP contribution >= 0.6 is 7.14 Å². The maximum absolute atomic E-state index is 14.9. The predicted octanol–water partition coefficient (Wildman–Crippen LogP) is 8.72. The van der Waals surface area contributed by atoms with Gasteiger partial charge in [-0.2, -0.15) is 0 Å². The molecule has 1 aromatic heterocycles. The van der Waals surface area contributed by atoms with Gasteiger partial charge in [-0.05, 0) is 27.9 Å². The number of methoxy groups -OCH3 is 1. The molecular formula is C42H38AuNO4P-2. The van der Waals surface area contributed by atoms with E-state index in [0.717, 1.165) is 62.2 Å². The van der Waals surface area contributed by atoms with Gasteiger partial charge < -0.3 is 19.4 Å². The van der Waals surface area contributed by atoms with Crippen LogP contribution in [0.4, 0.5) is 0 Å². The van der Waals surface area contributed by atoms with Crippen LogP contribution in [0.25, 0.3) is 33.6 Å². The predicted molar refractivity (Wildman–Crippen MR) is 196 cm³/mol. The van der Waals surface area contributed by atoms with Gasteiger partial charge in [0.15, 0.2) is 7.14 Å². The minimum atomic E-state index is -3.06. The fourth-order valence-electron chi connectivity index (χ4n) is 5.31. The molecule has 1 N–H and O–H groups in total. The summed E-state index contributed by atoms with van der Waals surface area (Å²) in [5, 5.41) is 9.84. The number of hydrogen-bond acceptors (Lipinski definition) is 4. The molecule has 0 fully saturated rings. The van der Waals surface area contributed by atoms with Crippen LogP contribution in [0.1, 0.15) is 33.3 Å². The van der Waals surface area contributed by atoms with Gasteiger partial charge in [0.2, 0.25) is 0 Å². The Morgan fingerprint density at radius 3 is 1.57 bits per heavy atom. The first-order valence-electron chi connectivity index (χ1n) is 15.6. The summed E-state index contributed by atoms with van der Waals surface area (Å²) in [5.74, 6) is -0.0897. The third kappa shape index (κ3) is 8.94. The number of carbonyl (C=O) groups is 1. The maximum atomic E-state index is 14.9. The first-order valence-corrected chi connectivity index (χ1v) is 17.3. The standard InChI is InChI=1S/C40H34NO2P.C2H4O2.Au/c1-40(2,3)33-21-15-30(16-22-33)38-27-32(28-39(41-38)31-17-23-34(43-4)24-18-31)29-19-25-37(26-20-29)44(42,35-11-7-5-8-12-35)36-13-9-6-10-14-36;1-2(3)4;/h5-15,17,19-28H,1-4H3;1H3,(H,3,4);/q-2;;. The number of ether oxygens (including phenoxy) is 1. The van der Waals surface area contributed by atoms with Gasteiger partial charge in [0.25, 0.3) is 5.97 Å². The Labute approximate surface area is 304 Å². The van der Waals surface area contributed by atoms with Crippen LogP contribution < -0.4 is 20.7 Å². The van der Waals surface area contributed by atoms with Crippen LogP contribution in [0.3, 0.4) is 0 Å². The fraction of sp³-hybridized carbons (Fsp3) is 0.143. The van der Waals surface area contributed by atoms with Crippen molar-refractivity contribution in [3.63, 3.8) is 0 Å². The van der Waals surface area contributed by atoms with Gasteiger partial charge in [-0.25, -0.2) is 0 Å². The van der Waals surface area contributed by atoms with E-state index < -0.39 is 13.1 Å². The fourth-order valence-corrected chi connectivity index (χ4v) is 7.95. The van der Waals surface area contributed by atoms with Crippen LogP contribution in [-0.2, 0) is 37.2 Å². The molecule has 0 bridgehead atoms. The molecule has 49 heavy (non-hydrogen) atoms. The summed E-state index contributed by atoms with van der Waals surface area (Å²) < 4.78 is 20.2. The molecular weight excluding hydrogens is 810 g/mol. The molecule has 0 atom stereocenters. The molecule has 1 heterocycles. The minimum Gasteiger partial charge on any atom is -0.540 e. The molecule has 0 saturated heterocycles. The van der Waals surface area contributed by atoms with Crippen molar-refractivity contribution in [1.82, 2.24) is 4.98 Å². The largest absolute Gasteiger partial charge is 0.540 e. The van der Waals surface area contributed by atoms with Gasteiger partial charge in [0.05, 0.1) is 7.11 Å². The smallest absolute Gasteiger partial charge is 0.300 e. The van der Waals surface area contributed by atoms with Crippen LogP contribution in [0.15, 0.2) is 133 Å². The third-order valence-corrected chi connectivity index (χ3v) is 11.0. The quantitative estimate of drug-likeness (QED) is 0.0989. The number of pyridine rings is 1. The molecule has 0 aliphatic rings. The zero-order valence-corrected chi connectivity index (χ0v) is 31.1.